The Balaban J connectivity index is 1.91. The second-order valence-electron chi connectivity index (χ2n) is 4.76. The van der Waals surface area contributed by atoms with Gasteiger partial charge in [-0.05, 0) is 36.4 Å². The number of ether oxygens (including phenoxy) is 2. The molecule has 0 heterocycles. The Bertz CT molecular complexity index is 758. The first-order chi connectivity index (χ1) is 11.5. The van der Waals surface area contributed by atoms with Gasteiger partial charge in [-0.2, -0.15) is 0 Å². The Hall–Kier alpha value is -3.22. The van der Waals surface area contributed by atoms with Crippen molar-refractivity contribution in [1.82, 2.24) is 0 Å². The van der Waals surface area contributed by atoms with Crippen molar-refractivity contribution in [2.75, 3.05) is 13.2 Å². The third-order valence-electron chi connectivity index (χ3n) is 2.98. The summed E-state index contributed by atoms with van der Waals surface area (Å²) in [6.07, 6.45) is 0. The normalized spacial score (nSPS) is 10.0. The van der Waals surface area contributed by atoms with Crippen molar-refractivity contribution in [2.24, 2.45) is 5.73 Å². The molecular weight excluding hydrogens is 317 g/mol. The summed E-state index contributed by atoms with van der Waals surface area (Å²) in [5, 5.41) is 0. The molecule has 2 aromatic rings. The van der Waals surface area contributed by atoms with Crippen molar-refractivity contribution in [2.45, 2.75) is 0 Å². The molecule has 7 heteroatoms. The van der Waals surface area contributed by atoms with Gasteiger partial charge in [0.15, 0.2) is 13.2 Å². The first-order valence-corrected chi connectivity index (χ1v) is 6.93. The molecule has 2 N–H and O–H groups in total. The summed E-state index contributed by atoms with van der Waals surface area (Å²) in [7, 11) is 0. The topological polar surface area (TPSA) is 95.7 Å². The fraction of sp³-hybridized carbons (Fsp3) is 0.118. The molecule has 0 radical (unpaired) electrons. The van der Waals surface area contributed by atoms with E-state index in [-0.39, 0.29) is 17.7 Å². The van der Waals surface area contributed by atoms with Crippen LogP contribution in [0.3, 0.4) is 0 Å². The number of nitrogens with two attached hydrogens (primary N) is 1. The van der Waals surface area contributed by atoms with Gasteiger partial charge < -0.3 is 15.2 Å². The van der Waals surface area contributed by atoms with Crippen LogP contribution in [0.1, 0.15) is 20.7 Å². The van der Waals surface area contributed by atoms with Crippen molar-refractivity contribution >= 4 is 17.7 Å². The van der Waals surface area contributed by atoms with Crippen LogP contribution < -0.4 is 10.5 Å². The highest BCUT2D eigenvalue weighted by Crippen LogP contribution is 2.13. The molecule has 24 heavy (non-hydrogen) atoms. The Morgan fingerprint density at radius 3 is 2.25 bits per heavy atom. The number of esters is 1. The van der Waals surface area contributed by atoms with Crippen LogP contribution in [0.4, 0.5) is 4.39 Å². The molecule has 0 aromatic heterocycles. The summed E-state index contributed by atoms with van der Waals surface area (Å²) in [5.74, 6) is -2.31. The van der Waals surface area contributed by atoms with Crippen molar-refractivity contribution < 1.29 is 28.2 Å². The maximum absolute atomic E-state index is 13.5. The van der Waals surface area contributed by atoms with E-state index in [2.05, 4.69) is 0 Å². The minimum Gasteiger partial charge on any atom is -0.484 e. The van der Waals surface area contributed by atoms with Crippen LogP contribution in [0, 0.1) is 5.82 Å². The molecule has 0 saturated carbocycles. The van der Waals surface area contributed by atoms with Crippen LogP contribution in [0.15, 0.2) is 48.5 Å². The fourth-order valence-corrected chi connectivity index (χ4v) is 1.82. The van der Waals surface area contributed by atoms with Gasteiger partial charge in [0, 0.05) is 0 Å². The van der Waals surface area contributed by atoms with Gasteiger partial charge in [-0.1, -0.05) is 12.1 Å². The molecule has 0 unspecified atom stereocenters. The van der Waals surface area contributed by atoms with Gasteiger partial charge in [-0.25, -0.2) is 9.18 Å². The first-order valence-electron chi connectivity index (χ1n) is 6.93. The van der Waals surface area contributed by atoms with Crippen LogP contribution in [0.5, 0.6) is 5.75 Å². The highest BCUT2D eigenvalue weighted by atomic mass is 19.1. The number of carbonyl (C=O) groups is 3. The number of Topliss-reactive ketones (excluding diaryl/α,β-unsaturated/α-hetero) is 1. The molecule has 0 saturated heterocycles. The number of ketones is 1. The van der Waals surface area contributed by atoms with Crippen molar-refractivity contribution in [3.05, 3.63) is 65.5 Å². The van der Waals surface area contributed by atoms with Crippen LogP contribution in [-0.2, 0) is 9.53 Å². The summed E-state index contributed by atoms with van der Waals surface area (Å²) in [6.45, 7) is -0.847. The van der Waals surface area contributed by atoms with Gasteiger partial charge in [0.1, 0.15) is 11.6 Å². The average Bonchev–Trinajstić information content (AvgIpc) is 2.58. The second-order valence-corrected chi connectivity index (χ2v) is 4.76. The summed E-state index contributed by atoms with van der Waals surface area (Å²) < 4.78 is 23.4. The Labute approximate surface area is 137 Å². The van der Waals surface area contributed by atoms with E-state index < -0.39 is 30.1 Å². The average molecular weight is 331 g/mol. The lowest BCUT2D eigenvalue weighted by Gasteiger charge is -2.07. The van der Waals surface area contributed by atoms with Crippen LogP contribution in [0.2, 0.25) is 0 Å². The van der Waals surface area contributed by atoms with Crippen molar-refractivity contribution in [1.29, 1.82) is 0 Å². The number of rotatable bonds is 7. The number of primary amides is 1. The maximum Gasteiger partial charge on any atom is 0.338 e. The SMILES string of the molecule is NC(=O)COc1ccc(C(=O)OCC(=O)c2ccccc2F)cc1. The largest absolute Gasteiger partial charge is 0.484 e. The molecule has 0 fully saturated rings. The zero-order valence-corrected chi connectivity index (χ0v) is 12.5. The van der Waals surface area contributed by atoms with Crippen molar-refractivity contribution in [3.8, 4) is 5.75 Å². The highest BCUT2D eigenvalue weighted by molar-refractivity contribution is 5.99. The molecular formula is C17H14FNO5. The second kappa shape index (κ2) is 7.87. The van der Waals surface area contributed by atoms with E-state index in [1.165, 1.54) is 42.5 Å². The van der Waals surface area contributed by atoms with E-state index in [0.29, 0.717) is 5.75 Å². The maximum atomic E-state index is 13.5. The fourth-order valence-electron chi connectivity index (χ4n) is 1.82. The molecule has 1 amide bonds. The monoisotopic (exact) mass is 331 g/mol. The summed E-state index contributed by atoms with van der Waals surface area (Å²) in [6, 6.07) is 11.2. The molecule has 0 bridgehead atoms. The van der Waals surface area contributed by atoms with Gasteiger partial charge in [-0.15, -0.1) is 0 Å². The standard InChI is InChI=1S/C17H14FNO5/c18-14-4-2-1-3-13(14)15(20)9-24-17(22)11-5-7-12(8-6-11)23-10-16(19)21/h1-8H,9-10H2,(H2,19,21). The zero-order valence-electron chi connectivity index (χ0n) is 12.5. The first kappa shape index (κ1) is 17.1. The predicted octanol–water partition coefficient (Wildman–Crippen LogP) is 1.73. The number of halogens is 1. The lowest BCUT2D eigenvalue weighted by atomic mass is 10.1. The summed E-state index contributed by atoms with van der Waals surface area (Å²) in [5.41, 5.74) is 4.99. The van der Waals surface area contributed by atoms with Gasteiger partial charge in [0.2, 0.25) is 5.78 Å². The van der Waals surface area contributed by atoms with Crippen LogP contribution in [0.25, 0.3) is 0 Å². The van der Waals surface area contributed by atoms with E-state index in [9.17, 15) is 18.8 Å². The zero-order chi connectivity index (χ0) is 17.5. The lowest BCUT2D eigenvalue weighted by molar-refractivity contribution is -0.119. The smallest absolute Gasteiger partial charge is 0.338 e. The molecule has 0 spiro atoms. The number of hydrogen-bond acceptors (Lipinski definition) is 5. The molecule has 6 nitrogen and oxygen atoms in total. The number of amides is 1. The van der Waals surface area contributed by atoms with Gasteiger partial charge >= 0.3 is 5.97 Å². The van der Waals surface area contributed by atoms with Crippen LogP contribution >= 0.6 is 0 Å². The van der Waals surface area contributed by atoms with Crippen molar-refractivity contribution in [3.63, 3.8) is 0 Å². The van der Waals surface area contributed by atoms with E-state index in [1.54, 1.807) is 0 Å². The van der Waals surface area contributed by atoms with Gasteiger partial charge in [-0.3, -0.25) is 9.59 Å². The third kappa shape index (κ3) is 4.64. The molecule has 0 atom stereocenters. The molecule has 0 aliphatic rings. The molecule has 2 rings (SSSR count). The van der Waals surface area contributed by atoms with E-state index in [1.807, 2.05) is 0 Å². The van der Waals surface area contributed by atoms with E-state index in [0.717, 1.165) is 6.07 Å². The van der Waals surface area contributed by atoms with Crippen LogP contribution in [-0.4, -0.2) is 30.9 Å². The molecule has 2 aromatic carbocycles. The molecule has 0 aliphatic carbocycles. The Kier molecular flexibility index (Phi) is 5.62. The molecule has 0 aliphatic heterocycles. The van der Waals surface area contributed by atoms with E-state index >= 15 is 0 Å². The van der Waals surface area contributed by atoms with E-state index in [4.69, 9.17) is 15.2 Å². The third-order valence-corrected chi connectivity index (χ3v) is 2.98. The lowest BCUT2D eigenvalue weighted by Crippen LogP contribution is -2.20. The Morgan fingerprint density at radius 1 is 0.958 bits per heavy atom. The summed E-state index contributed by atoms with van der Waals surface area (Å²) in [4.78, 5) is 34.3. The molecule has 124 valence electrons. The minimum absolute atomic E-state index is 0.138. The number of benzene rings is 2. The van der Waals surface area contributed by atoms with Gasteiger partial charge in [0.05, 0.1) is 11.1 Å². The summed E-state index contributed by atoms with van der Waals surface area (Å²) >= 11 is 0. The minimum atomic E-state index is -0.735. The predicted molar refractivity (Wildman–Crippen MR) is 82.1 cm³/mol. The number of carbonyl (C=O) groups excluding carboxylic acids is 3. The Morgan fingerprint density at radius 2 is 1.62 bits per heavy atom. The highest BCUT2D eigenvalue weighted by Gasteiger charge is 2.14. The van der Waals surface area contributed by atoms with Gasteiger partial charge in [0.25, 0.3) is 5.91 Å². The number of hydrogen-bond donors (Lipinski definition) is 1. The quantitative estimate of drug-likeness (QED) is 0.616.